The summed E-state index contributed by atoms with van der Waals surface area (Å²) in [5, 5.41) is 20.0. The van der Waals surface area contributed by atoms with Gasteiger partial charge < -0.3 is 16.2 Å². The van der Waals surface area contributed by atoms with Gasteiger partial charge in [0.1, 0.15) is 23.6 Å². The fourth-order valence-corrected chi connectivity index (χ4v) is 2.06. The Bertz CT molecular complexity index is 886. The van der Waals surface area contributed by atoms with E-state index in [0.29, 0.717) is 22.3 Å². The van der Waals surface area contributed by atoms with Gasteiger partial charge in [-0.2, -0.15) is 5.10 Å². The molecule has 1 aromatic carbocycles. The number of hydrogen-bond donors (Lipinski definition) is 4. The molecule has 0 aliphatic rings. The Balaban J connectivity index is 2.06. The molecule has 0 atom stereocenters. The van der Waals surface area contributed by atoms with Crippen molar-refractivity contribution in [3.05, 3.63) is 37.2 Å². The number of aromatic amines is 1. The van der Waals surface area contributed by atoms with E-state index in [-0.39, 0.29) is 17.3 Å². The molecule has 8 nitrogen and oxygen atoms in total. The molecule has 0 fully saturated rings. The van der Waals surface area contributed by atoms with Gasteiger partial charge in [0.2, 0.25) is 5.91 Å². The molecule has 2 heterocycles. The number of carbonyl (C=O) groups is 1. The van der Waals surface area contributed by atoms with E-state index < -0.39 is 5.91 Å². The van der Waals surface area contributed by atoms with Crippen molar-refractivity contribution in [2.24, 2.45) is 0 Å². The van der Waals surface area contributed by atoms with Crippen molar-refractivity contribution in [2.75, 3.05) is 11.1 Å². The molecule has 0 aliphatic carbocycles. The maximum atomic E-state index is 11.3. The number of hydrogen-bond acceptors (Lipinski definition) is 6. The number of rotatable bonds is 3. The largest absolute Gasteiger partial charge is 0.506 e. The summed E-state index contributed by atoms with van der Waals surface area (Å²) in [5.41, 5.74) is 7.76. The van der Waals surface area contributed by atoms with Crippen LogP contribution in [0.5, 0.6) is 5.75 Å². The summed E-state index contributed by atoms with van der Waals surface area (Å²) < 4.78 is 0. The number of aromatic hydroxyl groups is 1. The molecule has 5 N–H and O–H groups in total. The van der Waals surface area contributed by atoms with Gasteiger partial charge in [0.25, 0.3) is 0 Å². The number of anilines is 2. The molecule has 2 aromatic heterocycles. The maximum Gasteiger partial charge on any atom is 0.247 e. The average molecular weight is 296 g/mol. The number of amides is 1. The van der Waals surface area contributed by atoms with Crippen molar-refractivity contribution >= 4 is 28.4 Å². The highest BCUT2D eigenvalue weighted by molar-refractivity contribution is 6.01. The van der Waals surface area contributed by atoms with Crippen LogP contribution in [-0.2, 0) is 4.79 Å². The predicted octanol–water partition coefficient (Wildman–Crippen LogP) is 1.43. The Kier molecular flexibility index (Phi) is 3.18. The molecular formula is C14H12N6O2. The number of phenols is 1. The minimum Gasteiger partial charge on any atom is -0.506 e. The summed E-state index contributed by atoms with van der Waals surface area (Å²) in [7, 11) is 0. The summed E-state index contributed by atoms with van der Waals surface area (Å²) in [6.07, 6.45) is 2.46. The highest BCUT2D eigenvalue weighted by atomic mass is 16.3. The number of fused-ring (bicyclic) bond motifs is 1. The van der Waals surface area contributed by atoms with E-state index in [1.807, 2.05) is 0 Å². The molecule has 0 unspecified atom stereocenters. The van der Waals surface area contributed by atoms with Crippen molar-refractivity contribution < 1.29 is 9.90 Å². The quantitative estimate of drug-likeness (QED) is 0.427. The lowest BCUT2D eigenvalue weighted by atomic mass is 10.1. The molecule has 110 valence electrons. The van der Waals surface area contributed by atoms with E-state index >= 15 is 0 Å². The lowest BCUT2D eigenvalue weighted by Gasteiger charge is -2.07. The molecule has 0 saturated carbocycles. The van der Waals surface area contributed by atoms with Gasteiger partial charge in [0.15, 0.2) is 5.65 Å². The van der Waals surface area contributed by atoms with Crippen LogP contribution in [0.2, 0.25) is 0 Å². The van der Waals surface area contributed by atoms with E-state index in [0.717, 1.165) is 6.08 Å². The lowest BCUT2D eigenvalue weighted by molar-refractivity contribution is -0.111. The van der Waals surface area contributed by atoms with Gasteiger partial charge in [-0.25, -0.2) is 9.97 Å². The Morgan fingerprint density at radius 2 is 2.23 bits per heavy atom. The number of nitrogens with two attached hydrogens (primary N) is 1. The van der Waals surface area contributed by atoms with Gasteiger partial charge in [-0.3, -0.25) is 9.89 Å². The molecule has 0 aliphatic heterocycles. The van der Waals surface area contributed by atoms with Gasteiger partial charge in [0.05, 0.1) is 11.1 Å². The monoisotopic (exact) mass is 296 g/mol. The first-order valence-electron chi connectivity index (χ1n) is 6.31. The lowest BCUT2D eigenvalue weighted by Crippen LogP contribution is -2.07. The Morgan fingerprint density at radius 1 is 1.41 bits per heavy atom. The van der Waals surface area contributed by atoms with E-state index in [9.17, 15) is 9.90 Å². The molecule has 0 bridgehead atoms. The van der Waals surface area contributed by atoms with Crippen LogP contribution in [0, 0.1) is 0 Å². The zero-order valence-corrected chi connectivity index (χ0v) is 11.4. The molecular weight excluding hydrogens is 284 g/mol. The number of nitrogen functional groups attached to an aromatic ring is 1. The molecule has 0 radical (unpaired) electrons. The van der Waals surface area contributed by atoms with Gasteiger partial charge in [0, 0.05) is 5.56 Å². The third-order valence-electron chi connectivity index (χ3n) is 3.10. The topological polar surface area (TPSA) is 130 Å². The fraction of sp³-hybridized carbons (Fsp3) is 0. The minimum absolute atomic E-state index is 0.0979. The molecule has 3 aromatic rings. The summed E-state index contributed by atoms with van der Waals surface area (Å²) in [4.78, 5) is 19.2. The van der Waals surface area contributed by atoms with Crippen LogP contribution in [-0.4, -0.2) is 31.2 Å². The number of nitrogens with one attached hydrogen (secondary N) is 2. The summed E-state index contributed by atoms with van der Waals surface area (Å²) >= 11 is 0. The third-order valence-corrected chi connectivity index (χ3v) is 3.10. The number of H-pyrrole nitrogens is 1. The number of aromatic nitrogens is 4. The molecule has 0 saturated heterocycles. The highest BCUT2D eigenvalue weighted by Crippen LogP contribution is 2.33. The van der Waals surface area contributed by atoms with Crippen molar-refractivity contribution in [1.29, 1.82) is 0 Å². The highest BCUT2D eigenvalue weighted by Gasteiger charge is 2.14. The standard InChI is InChI=1S/C14H12N6O2/c1-2-10(22)18-8-4-3-7(5-9(8)21)12-11-13(15)16-6-17-14(11)20-19-12/h2-6,21H,1H2,(H,18,22)(H3,15,16,17,19,20). The van der Waals surface area contributed by atoms with E-state index in [1.165, 1.54) is 12.4 Å². The van der Waals surface area contributed by atoms with E-state index in [2.05, 4.69) is 32.1 Å². The van der Waals surface area contributed by atoms with E-state index in [4.69, 9.17) is 5.73 Å². The third kappa shape index (κ3) is 2.22. The van der Waals surface area contributed by atoms with Gasteiger partial charge in [-0.15, -0.1) is 0 Å². The second kappa shape index (κ2) is 5.17. The molecule has 3 rings (SSSR count). The van der Waals surface area contributed by atoms with Crippen molar-refractivity contribution in [2.45, 2.75) is 0 Å². The maximum absolute atomic E-state index is 11.3. The van der Waals surface area contributed by atoms with Gasteiger partial charge >= 0.3 is 0 Å². The average Bonchev–Trinajstić information content (AvgIpc) is 2.94. The molecule has 1 amide bonds. The Labute approximate surface area is 124 Å². The van der Waals surface area contributed by atoms with Gasteiger partial charge in [-0.1, -0.05) is 12.6 Å². The van der Waals surface area contributed by atoms with Crippen LogP contribution in [0.1, 0.15) is 0 Å². The first kappa shape index (κ1) is 13.6. The number of phenolic OH excluding ortho intramolecular Hbond substituents is 1. The number of benzene rings is 1. The first-order valence-corrected chi connectivity index (χ1v) is 6.31. The van der Waals surface area contributed by atoms with Crippen LogP contribution in [0.3, 0.4) is 0 Å². The summed E-state index contributed by atoms with van der Waals surface area (Å²) in [6, 6.07) is 4.73. The predicted molar refractivity (Wildman–Crippen MR) is 82.0 cm³/mol. The number of nitrogens with zero attached hydrogens (tertiary/aromatic N) is 3. The Hall–Kier alpha value is -3.42. The van der Waals surface area contributed by atoms with Crippen LogP contribution in [0.15, 0.2) is 37.2 Å². The minimum atomic E-state index is -0.411. The Morgan fingerprint density at radius 3 is 2.95 bits per heavy atom. The summed E-state index contributed by atoms with van der Waals surface area (Å²) in [6.45, 7) is 3.35. The van der Waals surface area contributed by atoms with Crippen LogP contribution in [0.4, 0.5) is 11.5 Å². The molecule has 8 heteroatoms. The summed E-state index contributed by atoms with van der Waals surface area (Å²) in [5.74, 6) is -0.220. The van der Waals surface area contributed by atoms with Crippen molar-refractivity contribution in [3.8, 4) is 17.0 Å². The fourth-order valence-electron chi connectivity index (χ4n) is 2.06. The van der Waals surface area contributed by atoms with Crippen LogP contribution >= 0.6 is 0 Å². The zero-order valence-electron chi connectivity index (χ0n) is 11.4. The van der Waals surface area contributed by atoms with E-state index in [1.54, 1.807) is 12.1 Å². The molecule has 0 spiro atoms. The van der Waals surface area contributed by atoms with Crippen molar-refractivity contribution in [1.82, 2.24) is 20.2 Å². The first-order chi connectivity index (χ1) is 10.6. The van der Waals surface area contributed by atoms with Crippen LogP contribution < -0.4 is 11.1 Å². The molecule has 22 heavy (non-hydrogen) atoms. The SMILES string of the molecule is C=CC(=O)Nc1ccc(-c2n[nH]c3ncnc(N)c23)cc1O. The van der Waals surface area contributed by atoms with Crippen molar-refractivity contribution in [3.63, 3.8) is 0 Å². The second-order valence-corrected chi connectivity index (χ2v) is 4.48. The van der Waals surface area contributed by atoms with Gasteiger partial charge in [-0.05, 0) is 18.2 Å². The smallest absolute Gasteiger partial charge is 0.247 e. The number of carbonyl (C=O) groups excluding carboxylic acids is 1. The normalized spacial score (nSPS) is 10.5. The van der Waals surface area contributed by atoms with Crippen LogP contribution in [0.25, 0.3) is 22.3 Å². The zero-order chi connectivity index (χ0) is 15.7. The second-order valence-electron chi connectivity index (χ2n) is 4.48.